The number of aromatic nitrogens is 3. The minimum atomic E-state index is -0.571. The first-order valence-corrected chi connectivity index (χ1v) is 6.66. The van der Waals surface area contributed by atoms with Gasteiger partial charge in [-0.05, 0) is 19.4 Å². The Balaban J connectivity index is 1.91. The number of hydrogen-bond acceptors (Lipinski definition) is 3. The molecule has 0 aliphatic rings. The molecule has 0 bridgehead atoms. The highest BCUT2D eigenvalue weighted by Crippen LogP contribution is 2.23. The van der Waals surface area contributed by atoms with E-state index in [0.29, 0.717) is 6.42 Å². The normalized spacial score (nSPS) is 12.8. The summed E-state index contributed by atoms with van der Waals surface area (Å²) in [6.07, 6.45) is 6.91. The maximum absolute atomic E-state index is 10.5. The van der Waals surface area contributed by atoms with Crippen molar-refractivity contribution in [2.45, 2.75) is 26.4 Å². The molecule has 0 amide bonds. The fourth-order valence-corrected chi connectivity index (χ4v) is 2.63. The van der Waals surface area contributed by atoms with Gasteiger partial charge in [-0.25, -0.2) is 4.52 Å². The number of benzene rings is 1. The van der Waals surface area contributed by atoms with Gasteiger partial charge in [-0.2, -0.15) is 5.10 Å². The predicted octanol–water partition coefficient (Wildman–Crippen LogP) is 2.62. The molecule has 3 aromatic rings. The molecule has 4 heteroatoms. The molecule has 2 heterocycles. The van der Waals surface area contributed by atoms with Crippen molar-refractivity contribution in [2.24, 2.45) is 0 Å². The van der Waals surface area contributed by atoms with Gasteiger partial charge in [-0.1, -0.05) is 29.3 Å². The number of aliphatic hydroxyl groups is 1. The van der Waals surface area contributed by atoms with Crippen LogP contribution in [0.3, 0.4) is 0 Å². The lowest BCUT2D eigenvalue weighted by molar-refractivity contribution is 0.180. The fourth-order valence-electron chi connectivity index (χ4n) is 2.63. The summed E-state index contributed by atoms with van der Waals surface area (Å²) in [5.41, 5.74) is 5.24. The summed E-state index contributed by atoms with van der Waals surface area (Å²) in [6, 6.07) is 6.36. The van der Waals surface area contributed by atoms with Crippen LogP contribution in [0.1, 0.15) is 28.4 Å². The zero-order valence-corrected chi connectivity index (χ0v) is 11.6. The van der Waals surface area contributed by atoms with Crippen molar-refractivity contribution in [1.29, 1.82) is 0 Å². The second-order valence-electron chi connectivity index (χ2n) is 5.22. The summed E-state index contributed by atoms with van der Waals surface area (Å²) >= 11 is 0. The summed E-state index contributed by atoms with van der Waals surface area (Å²) in [5.74, 6) is 0. The van der Waals surface area contributed by atoms with Crippen LogP contribution in [-0.4, -0.2) is 19.7 Å². The van der Waals surface area contributed by atoms with E-state index in [-0.39, 0.29) is 0 Å². The van der Waals surface area contributed by atoms with Gasteiger partial charge in [0.1, 0.15) is 0 Å². The molecule has 0 aliphatic heterocycles. The number of aliphatic hydroxyl groups excluding tert-OH is 1. The van der Waals surface area contributed by atoms with Gasteiger partial charge in [0.15, 0.2) is 0 Å². The molecule has 0 aliphatic carbocycles. The van der Waals surface area contributed by atoms with Crippen LogP contribution in [-0.2, 0) is 6.42 Å². The number of hydrogen-bond donors (Lipinski definition) is 1. The Morgan fingerprint density at radius 3 is 2.65 bits per heavy atom. The Hall–Kier alpha value is -2.20. The molecular weight excluding hydrogens is 250 g/mol. The number of fused-ring (bicyclic) bond motifs is 1. The second-order valence-corrected chi connectivity index (χ2v) is 5.22. The topological polar surface area (TPSA) is 50.4 Å². The monoisotopic (exact) mass is 267 g/mol. The molecule has 4 nitrogen and oxygen atoms in total. The Bertz CT molecular complexity index is 728. The molecule has 1 unspecified atom stereocenters. The Kier molecular flexibility index (Phi) is 3.24. The third-order valence-electron chi connectivity index (χ3n) is 3.42. The van der Waals surface area contributed by atoms with Crippen LogP contribution < -0.4 is 0 Å². The third-order valence-corrected chi connectivity index (χ3v) is 3.42. The van der Waals surface area contributed by atoms with Crippen LogP contribution in [0.2, 0.25) is 0 Å². The zero-order valence-electron chi connectivity index (χ0n) is 11.6. The van der Waals surface area contributed by atoms with Gasteiger partial charge < -0.3 is 5.11 Å². The fraction of sp³-hybridized carbons (Fsp3) is 0.250. The highest BCUT2D eigenvalue weighted by Gasteiger charge is 2.14. The Labute approximate surface area is 117 Å². The zero-order chi connectivity index (χ0) is 14.1. The van der Waals surface area contributed by atoms with Crippen LogP contribution in [0.5, 0.6) is 0 Å². The smallest absolute Gasteiger partial charge is 0.0903 e. The van der Waals surface area contributed by atoms with E-state index < -0.39 is 6.10 Å². The van der Waals surface area contributed by atoms with E-state index in [1.807, 2.05) is 0 Å². The minimum Gasteiger partial charge on any atom is -0.388 e. The predicted molar refractivity (Wildman–Crippen MR) is 77.6 cm³/mol. The SMILES string of the molecule is Cc1cc(C)cc(CC(O)c2cnn3ccncc23)c1. The summed E-state index contributed by atoms with van der Waals surface area (Å²) in [5, 5.41) is 14.7. The molecule has 3 rings (SSSR count). The van der Waals surface area contributed by atoms with Crippen molar-refractivity contribution in [3.8, 4) is 0 Å². The molecule has 102 valence electrons. The molecular formula is C16H17N3O. The van der Waals surface area contributed by atoms with Crippen molar-refractivity contribution in [3.05, 3.63) is 65.2 Å². The van der Waals surface area contributed by atoms with Gasteiger partial charge in [0.05, 0.1) is 24.0 Å². The van der Waals surface area contributed by atoms with Crippen LogP contribution >= 0.6 is 0 Å². The first-order valence-electron chi connectivity index (χ1n) is 6.66. The summed E-state index contributed by atoms with van der Waals surface area (Å²) in [7, 11) is 0. The minimum absolute atomic E-state index is 0.571. The highest BCUT2D eigenvalue weighted by atomic mass is 16.3. The van der Waals surface area contributed by atoms with Gasteiger partial charge in [0.25, 0.3) is 0 Å². The van der Waals surface area contributed by atoms with E-state index in [0.717, 1.165) is 16.6 Å². The van der Waals surface area contributed by atoms with Gasteiger partial charge in [-0.3, -0.25) is 4.98 Å². The van der Waals surface area contributed by atoms with E-state index in [1.54, 1.807) is 29.3 Å². The standard InChI is InChI=1S/C16H17N3O/c1-11-5-12(2)7-13(6-11)8-16(20)14-9-18-19-4-3-17-10-15(14)19/h3-7,9-10,16,20H,8H2,1-2H3. The molecule has 1 aromatic carbocycles. The van der Waals surface area contributed by atoms with Gasteiger partial charge in [-0.15, -0.1) is 0 Å². The summed E-state index contributed by atoms with van der Waals surface area (Å²) in [4.78, 5) is 4.09. The van der Waals surface area contributed by atoms with Crippen LogP contribution in [0.25, 0.3) is 5.52 Å². The van der Waals surface area contributed by atoms with E-state index in [9.17, 15) is 5.11 Å². The lowest BCUT2D eigenvalue weighted by Gasteiger charge is -2.11. The van der Waals surface area contributed by atoms with Gasteiger partial charge in [0, 0.05) is 24.4 Å². The lowest BCUT2D eigenvalue weighted by atomic mass is 9.99. The molecule has 0 fully saturated rings. The first-order chi connectivity index (χ1) is 9.63. The van der Waals surface area contributed by atoms with Gasteiger partial charge in [0.2, 0.25) is 0 Å². The van der Waals surface area contributed by atoms with E-state index in [4.69, 9.17) is 0 Å². The van der Waals surface area contributed by atoms with Crippen molar-refractivity contribution >= 4 is 5.52 Å². The molecule has 0 spiro atoms. The molecule has 1 N–H and O–H groups in total. The molecule has 20 heavy (non-hydrogen) atoms. The summed E-state index contributed by atoms with van der Waals surface area (Å²) < 4.78 is 1.73. The summed E-state index contributed by atoms with van der Waals surface area (Å²) in [6.45, 7) is 4.14. The number of aryl methyl sites for hydroxylation is 2. The maximum Gasteiger partial charge on any atom is 0.0903 e. The largest absolute Gasteiger partial charge is 0.388 e. The number of rotatable bonds is 3. The molecule has 2 aromatic heterocycles. The van der Waals surface area contributed by atoms with Crippen LogP contribution in [0.4, 0.5) is 0 Å². The molecule has 1 atom stereocenters. The average molecular weight is 267 g/mol. The van der Waals surface area contributed by atoms with E-state index in [1.165, 1.54) is 11.1 Å². The molecule has 0 saturated carbocycles. The molecule has 0 saturated heterocycles. The molecule has 0 radical (unpaired) electrons. The van der Waals surface area contributed by atoms with Crippen LogP contribution in [0, 0.1) is 13.8 Å². The van der Waals surface area contributed by atoms with Crippen molar-refractivity contribution < 1.29 is 5.11 Å². The van der Waals surface area contributed by atoms with E-state index >= 15 is 0 Å². The number of nitrogens with zero attached hydrogens (tertiary/aromatic N) is 3. The first kappa shape index (κ1) is 12.8. The highest BCUT2D eigenvalue weighted by molar-refractivity contribution is 5.53. The third kappa shape index (κ3) is 2.42. The quantitative estimate of drug-likeness (QED) is 0.793. The van der Waals surface area contributed by atoms with Crippen LogP contribution in [0.15, 0.2) is 43.0 Å². The van der Waals surface area contributed by atoms with Crippen molar-refractivity contribution in [2.75, 3.05) is 0 Å². The van der Waals surface area contributed by atoms with Crippen molar-refractivity contribution in [3.63, 3.8) is 0 Å². The lowest BCUT2D eigenvalue weighted by Crippen LogP contribution is -2.02. The second kappa shape index (κ2) is 5.06. The van der Waals surface area contributed by atoms with Gasteiger partial charge >= 0.3 is 0 Å². The van der Waals surface area contributed by atoms with E-state index in [2.05, 4.69) is 42.1 Å². The average Bonchev–Trinajstić information content (AvgIpc) is 2.81. The Morgan fingerprint density at radius 2 is 1.90 bits per heavy atom. The van der Waals surface area contributed by atoms with Crippen molar-refractivity contribution in [1.82, 2.24) is 14.6 Å². The maximum atomic E-state index is 10.5. The Morgan fingerprint density at radius 1 is 1.15 bits per heavy atom.